The molecule has 3 N–H and O–H groups in total. The first-order chi connectivity index (χ1) is 11.4. The third-order valence-corrected chi connectivity index (χ3v) is 3.84. The molecule has 2 aromatic carbocycles. The van der Waals surface area contributed by atoms with Gasteiger partial charge in [-0.3, -0.25) is 4.79 Å². The summed E-state index contributed by atoms with van der Waals surface area (Å²) in [5.41, 5.74) is 8.19. The standard InChI is InChI=1S/C18H19ClN2O3/c1-11-5-3-4-6-14(11)12(2)21-17(22)10-24-18(23)15-9-13(19)7-8-16(15)20/h3-9,12H,10,20H2,1-2H3,(H,21,22). The normalized spacial score (nSPS) is 11.6. The maximum atomic E-state index is 12.0. The van der Waals surface area contributed by atoms with Crippen LogP contribution >= 0.6 is 11.6 Å². The van der Waals surface area contributed by atoms with Gasteiger partial charge in [0.2, 0.25) is 0 Å². The van der Waals surface area contributed by atoms with Crippen LogP contribution in [-0.2, 0) is 9.53 Å². The molecular weight excluding hydrogens is 328 g/mol. The van der Waals surface area contributed by atoms with Crippen LogP contribution in [0.2, 0.25) is 5.02 Å². The third-order valence-electron chi connectivity index (χ3n) is 3.60. The van der Waals surface area contributed by atoms with E-state index in [1.54, 1.807) is 6.07 Å². The number of anilines is 1. The molecule has 0 fully saturated rings. The van der Waals surface area contributed by atoms with Crippen LogP contribution in [0.1, 0.15) is 34.5 Å². The van der Waals surface area contributed by atoms with Gasteiger partial charge < -0.3 is 15.8 Å². The van der Waals surface area contributed by atoms with Crippen molar-refractivity contribution >= 4 is 29.2 Å². The van der Waals surface area contributed by atoms with E-state index < -0.39 is 5.97 Å². The van der Waals surface area contributed by atoms with Crippen molar-refractivity contribution in [1.82, 2.24) is 5.32 Å². The smallest absolute Gasteiger partial charge is 0.340 e. The second-order valence-corrected chi connectivity index (χ2v) is 5.89. The summed E-state index contributed by atoms with van der Waals surface area (Å²) in [6, 6.07) is 12.1. The highest BCUT2D eigenvalue weighted by Crippen LogP contribution is 2.19. The number of nitrogens with one attached hydrogen (secondary N) is 1. The number of esters is 1. The highest BCUT2D eigenvalue weighted by Gasteiger charge is 2.16. The van der Waals surface area contributed by atoms with Crippen molar-refractivity contribution in [3.8, 4) is 0 Å². The summed E-state index contributed by atoms with van der Waals surface area (Å²) in [6.45, 7) is 3.46. The minimum atomic E-state index is -0.686. The van der Waals surface area contributed by atoms with Gasteiger partial charge in [-0.2, -0.15) is 0 Å². The van der Waals surface area contributed by atoms with E-state index in [0.717, 1.165) is 11.1 Å². The number of nitrogen functional groups attached to an aromatic ring is 1. The maximum absolute atomic E-state index is 12.0. The highest BCUT2D eigenvalue weighted by atomic mass is 35.5. The van der Waals surface area contributed by atoms with Crippen LogP contribution in [0, 0.1) is 6.92 Å². The molecule has 0 saturated carbocycles. The predicted molar refractivity (Wildman–Crippen MR) is 93.9 cm³/mol. The first-order valence-electron chi connectivity index (χ1n) is 7.45. The Morgan fingerprint density at radius 3 is 2.67 bits per heavy atom. The molecule has 5 nitrogen and oxygen atoms in total. The Bertz CT molecular complexity index is 762. The molecule has 0 bridgehead atoms. The van der Waals surface area contributed by atoms with Gasteiger partial charge in [-0.25, -0.2) is 4.79 Å². The molecule has 6 heteroatoms. The number of benzene rings is 2. The van der Waals surface area contributed by atoms with Gasteiger partial charge in [0, 0.05) is 10.7 Å². The number of rotatable bonds is 5. The van der Waals surface area contributed by atoms with E-state index in [-0.39, 0.29) is 29.8 Å². The fourth-order valence-corrected chi connectivity index (χ4v) is 2.52. The number of hydrogen-bond donors (Lipinski definition) is 2. The van der Waals surface area contributed by atoms with Crippen molar-refractivity contribution < 1.29 is 14.3 Å². The Balaban J connectivity index is 1.92. The van der Waals surface area contributed by atoms with E-state index in [4.69, 9.17) is 22.1 Å². The molecular formula is C18H19ClN2O3. The van der Waals surface area contributed by atoms with Gasteiger partial charge >= 0.3 is 5.97 Å². The van der Waals surface area contributed by atoms with Crippen LogP contribution in [0.25, 0.3) is 0 Å². The van der Waals surface area contributed by atoms with Gasteiger partial charge in [-0.1, -0.05) is 35.9 Å². The van der Waals surface area contributed by atoms with Crippen LogP contribution in [0.4, 0.5) is 5.69 Å². The number of ether oxygens (including phenoxy) is 1. The topological polar surface area (TPSA) is 81.4 Å². The third kappa shape index (κ3) is 4.49. The molecule has 126 valence electrons. The minimum Gasteiger partial charge on any atom is -0.452 e. The van der Waals surface area contributed by atoms with Crippen molar-refractivity contribution in [2.45, 2.75) is 19.9 Å². The van der Waals surface area contributed by atoms with Crippen LogP contribution in [0.15, 0.2) is 42.5 Å². The molecule has 1 unspecified atom stereocenters. The molecule has 1 amide bonds. The van der Waals surface area contributed by atoms with E-state index >= 15 is 0 Å². The number of aryl methyl sites for hydroxylation is 1. The summed E-state index contributed by atoms with van der Waals surface area (Å²) in [5, 5.41) is 3.17. The van der Waals surface area contributed by atoms with Gasteiger partial charge in [-0.15, -0.1) is 0 Å². The average Bonchev–Trinajstić information content (AvgIpc) is 2.55. The van der Waals surface area contributed by atoms with Crippen molar-refractivity contribution in [2.24, 2.45) is 0 Å². The quantitative estimate of drug-likeness (QED) is 0.643. The second-order valence-electron chi connectivity index (χ2n) is 5.45. The molecule has 2 aromatic rings. The second kappa shape index (κ2) is 7.84. The lowest BCUT2D eigenvalue weighted by Crippen LogP contribution is -2.31. The first-order valence-corrected chi connectivity index (χ1v) is 7.83. The van der Waals surface area contributed by atoms with Gasteiger partial charge in [0.1, 0.15) is 0 Å². The summed E-state index contributed by atoms with van der Waals surface area (Å²) >= 11 is 5.83. The Hall–Kier alpha value is -2.53. The first kappa shape index (κ1) is 17.8. The summed E-state index contributed by atoms with van der Waals surface area (Å²) < 4.78 is 5.00. The molecule has 0 aliphatic rings. The molecule has 0 aromatic heterocycles. The SMILES string of the molecule is Cc1ccccc1C(C)NC(=O)COC(=O)c1cc(Cl)ccc1N. The van der Waals surface area contributed by atoms with Gasteiger partial charge in [-0.05, 0) is 43.2 Å². The van der Waals surface area contributed by atoms with Crippen LogP contribution in [0.5, 0.6) is 0 Å². The number of carbonyl (C=O) groups excluding carboxylic acids is 2. The van der Waals surface area contributed by atoms with Crippen LogP contribution in [-0.4, -0.2) is 18.5 Å². The highest BCUT2D eigenvalue weighted by molar-refractivity contribution is 6.31. The van der Waals surface area contributed by atoms with Crippen molar-refractivity contribution in [2.75, 3.05) is 12.3 Å². The lowest BCUT2D eigenvalue weighted by atomic mass is 10.0. The zero-order valence-electron chi connectivity index (χ0n) is 13.5. The number of hydrogen-bond acceptors (Lipinski definition) is 4. The molecule has 0 heterocycles. The molecule has 0 saturated heterocycles. The zero-order chi connectivity index (χ0) is 17.7. The Morgan fingerprint density at radius 1 is 1.25 bits per heavy atom. The van der Waals surface area contributed by atoms with E-state index in [9.17, 15) is 9.59 Å². The summed E-state index contributed by atoms with van der Waals surface area (Å²) in [5.74, 6) is -1.08. The average molecular weight is 347 g/mol. The lowest BCUT2D eigenvalue weighted by Gasteiger charge is -2.16. The maximum Gasteiger partial charge on any atom is 0.340 e. The molecule has 0 spiro atoms. The number of amides is 1. The van der Waals surface area contributed by atoms with Gasteiger partial charge in [0.25, 0.3) is 5.91 Å². The molecule has 0 radical (unpaired) electrons. The van der Waals surface area contributed by atoms with Crippen LogP contribution in [0.3, 0.4) is 0 Å². The minimum absolute atomic E-state index is 0.141. The summed E-state index contributed by atoms with van der Waals surface area (Å²) in [7, 11) is 0. The summed E-state index contributed by atoms with van der Waals surface area (Å²) in [6.07, 6.45) is 0. The van der Waals surface area contributed by atoms with E-state index in [0.29, 0.717) is 5.02 Å². The van der Waals surface area contributed by atoms with Gasteiger partial charge in [0.15, 0.2) is 6.61 Å². The summed E-state index contributed by atoms with van der Waals surface area (Å²) in [4.78, 5) is 24.0. The van der Waals surface area contributed by atoms with Crippen molar-refractivity contribution in [1.29, 1.82) is 0 Å². The van der Waals surface area contributed by atoms with Crippen molar-refractivity contribution in [3.05, 3.63) is 64.2 Å². The number of halogens is 1. The molecule has 24 heavy (non-hydrogen) atoms. The molecule has 2 rings (SSSR count). The molecule has 0 aliphatic carbocycles. The number of nitrogens with two attached hydrogens (primary N) is 1. The Morgan fingerprint density at radius 2 is 1.96 bits per heavy atom. The number of carbonyl (C=O) groups is 2. The fraction of sp³-hybridized carbons (Fsp3) is 0.222. The monoisotopic (exact) mass is 346 g/mol. The van der Waals surface area contributed by atoms with E-state index in [2.05, 4.69) is 5.32 Å². The van der Waals surface area contributed by atoms with Gasteiger partial charge in [0.05, 0.1) is 11.6 Å². The Kier molecular flexibility index (Phi) is 5.82. The largest absolute Gasteiger partial charge is 0.452 e. The zero-order valence-corrected chi connectivity index (χ0v) is 14.3. The predicted octanol–water partition coefficient (Wildman–Crippen LogP) is 3.26. The molecule has 1 atom stereocenters. The molecule has 0 aliphatic heterocycles. The Labute approximate surface area is 145 Å². The van der Waals surface area contributed by atoms with E-state index in [1.165, 1.54) is 12.1 Å². The fourth-order valence-electron chi connectivity index (χ4n) is 2.35. The lowest BCUT2D eigenvalue weighted by molar-refractivity contribution is -0.124. The van der Waals surface area contributed by atoms with Crippen LogP contribution < -0.4 is 11.1 Å². The van der Waals surface area contributed by atoms with E-state index in [1.807, 2.05) is 38.1 Å². The van der Waals surface area contributed by atoms with Crippen molar-refractivity contribution in [3.63, 3.8) is 0 Å².